The van der Waals surface area contributed by atoms with Gasteiger partial charge in [-0.15, -0.1) is 38.0 Å². The number of benzene rings is 1. The zero-order valence-corrected chi connectivity index (χ0v) is 15.2. The Hall–Kier alpha value is -0.890. The molecule has 0 aromatic heterocycles. The van der Waals surface area contributed by atoms with E-state index in [1.54, 1.807) is 6.07 Å². The first-order valence-corrected chi connectivity index (χ1v) is 7.33. The minimum atomic E-state index is -4.70. The van der Waals surface area contributed by atoms with E-state index in [2.05, 4.69) is 21.9 Å². The maximum atomic E-state index is 12.3. The molecule has 140 valence electrons. The van der Waals surface area contributed by atoms with Gasteiger partial charge in [0.2, 0.25) is 0 Å². The number of piperazine rings is 1. The van der Waals surface area contributed by atoms with Crippen LogP contribution in [-0.4, -0.2) is 44.6 Å². The summed E-state index contributed by atoms with van der Waals surface area (Å²) in [6.07, 6.45) is -3.84. The van der Waals surface area contributed by atoms with Gasteiger partial charge in [-0.1, -0.05) is 13.0 Å². The molecule has 0 spiro atoms. The fraction of sp³-hybridized carbons (Fsp3) is 0.600. The largest absolute Gasteiger partial charge is 0.573 e. The van der Waals surface area contributed by atoms with Crippen molar-refractivity contribution in [3.05, 3.63) is 23.8 Å². The highest BCUT2D eigenvalue weighted by Gasteiger charge is 2.32. The first kappa shape index (κ1) is 23.1. The Morgan fingerprint density at radius 2 is 1.83 bits per heavy atom. The monoisotopic (exact) mass is 390 g/mol. The Bertz CT molecular complexity index is 498. The van der Waals surface area contributed by atoms with Crippen molar-refractivity contribution >= 4 is 24.8 Å². The molecule has 0 saturated carbocycles. The van der Waals surface area contributed by atoms with Crippen LogP contribution >= 0.6 is 24.8 Å². The van der Waals surface area contributed by atoms with E-state index in [0.717, 1.165) is 38.2 Å². The number of nitrogens with zero attached hydrogens (tertiary/aromatic N) is 1. The second kappa shape index (κ2) is 10.2. The molecule has 1 fully saturated rings. The highest BCUT2D eigenvalue weighted by atomic mass is 35.5. The lowest BCUT2D eigenvalue weighted by atomic mass is 10.0. The van der Waals surface area contributed by atoms with Gasteiger partial charge in [0.1, 0.15) is 11.5 Å². The van der Waals surface area contributed by atoms with Crippen LogP contribution in [0.5, 0.6) is 11.5 Å². The van der Waals surface area contributed by atoms with E-state index < -0.39 is 6.36 Å². The molecule has 1 N–H and O–H groups in total. The summed E-state index contributed by atoms with van der Waals surface area (Å²) in [5, 5.41) is 3.29. The van der Waals surface area contributed by atoms with Gasteiger partial charge in [0, 0.05) is 43.9 Å². The molecule has 1 aromatic carbocycles. The number of hydrogen-bond acceptors (Lipinski definition) is 4. The smallest absolute Gasteiger partial charge is 0.496 e. The Balaban J connectivity index is 0.00000264. The molecule has 0 aliphatic carbocycles. The molecule has 2 rings (SSSR count). The molecule has 0 unspecified atom stereocenters. The van der Waals surface area contributed by atoms with Crippen LogP contribution in [0.3, 0.4) is 0 Å². The summed E-state index contributed by atoms with van der Waals surface area (Å²) in [7, 11) is 1.46. The average molecular weight is 391 g/mol. The van der Waals surface area contributed by atoms with Gasteiger partial charge in [0.15, 0.2) is 0 Å². The lowest BCUT2D eigenvalue weighted by Gasteiger charge is -2.35. The summed E-state index contributed by atoms with van der Waals surface area (Å²) in [6.45, 7) is 5.69. The summed E-state index contributed by atoms with van der Waals surface area (Å²) in [5.74, 6) is 0.162. The molecule has 0 amide bonds. The van der Waals surface area contributed by atoms with Gasteiger partial charge in [-0.05, 0) is 12.5 Å². The van der Waals surface area contributed by atoms with Crippen molar-refractivity contribution in [2.24, 2.45) is 0 Å². The second-order valence-corrected chi connectivity index (χ2v) is 5.16. The van der Waals surface area contributed by atoms with Crippen LogP contribution < -0.4 is 14.8 Å². The Morgan fingerprint density at radius 3 is 2.33 bits per heavy atom. The van der Waals surface area contributed by atoms with E-state index in [-0.39, 0.29) is 36.6 Å². The summed E-state index contributed by atoms with van der Waals surface area (Å²) >= 11 is 0. The molecule has 0 radical (unpaired) electrons. The highest BCUT2D eigenvalue weighted by molar-refractivity contribution is 5.85. The molecule has 0 bridgehead atoms. The molecule has 24 heavy (non-hydrogen) atoms. The standard InChI is InChI=1S/C15H21F3N2O2.2ClH/c1-3-13(20-8-6-19-7-9-20)12-5-4-11(10-14(12)21-2)22-15(16,17)18;;/h4-5,10,13,19H,3,6-9H2,1-2H3;2*1H/t13-;;/m1../s1. The molecule has 1 aliphatic heterocycles. The van der Waals surface area contributed by atoms with Crippen LogP contribution in [0.2, 0.25) is 0 Å². The van der Waals surface area contributed by atoms with Gasteiger partial charge in [0.25, 0.3) is 0 Å². The predicted molar refractivity (Wildman–Crippen MR) is 91.6 cm³/mol. The van der Waals surface area contributed by atoms with E-state index >= 15 is 0 Å². The van der Waals surface area contributed by atoms with Crippen LogP contribution in [0.4, 0.5) is 13.2 Å². The van der Waals surface area contributed by atoms with Crippen molar-refractivity contribution in [1.29, 1.82) is 0 Å². The van der Waals surface area contributed by atoms with E-state index in [1.165, 1.54) is 19.2 Å². The number of methoxy groups -OCH3 is 1. The Kier molecular flexibility index (Phi) is 9.80. The maximum Gasteiger partial charge on any atom is 0.573 e. The maximum absolute atomic E-state index is 12.3. The molecule has 1 saturated heterocycles. The molecule has 1 atom stereocenters. The first-order valence-electron chi connectivity index (χ1n) is 7.33. The summed E-state index contributed by atoms with van der Waals surface area (Å²) in [4.78, 5) is 2.32. The van der Waals surface area contributed by atoms with Gasteiger partial charge in [-0.3, -0.25) is 4.90 Å². The lowest BCUT2D eigenvalue weighted by molar-refractivity contribution is -0.274. The molecule has 4 nitrogen and oxygen atoms in total. The molecule has 1 aromatic rings. The topological polar surface area (TPSA) is 33.7 Å². The van der Waals surface area contributed by atoms with E-state index in [9.17, 15) is 13.2 Å². The third-order valence-electron chi connectivity index (χ3n) is 3.78. The average Bonchev–Trinajstić information content (AvgIpc) is 2.48. The SMILES string of the molecule is CC[C@H](c1ccc(OC(F)(F)F)cc1OC)N1CCNCC1.Cl.Cl. The van der Waals surface area contributed by atoms with Crippen molar-refractivity contribution in [2.75, 3.05) is 33.3 Å². The Labute approximate surface area is 152 Å². The van der Waals surface area contributed by atoms with Crippen molar-refractivity contribution in [2.45, 2.75) is 25.7 Å². The van der Waals surface area contributed by atoms with Crippen molar-refractivity contribution in [1.82, 2.24) is 10.2 Å². The number of rotatable bonds is 5. The minimum Gasteiger partial charge on any atom is -0.496 e. The lowest BCUT2D eigenvalue weighted by Crippen LogP contribution is -2.45. The van der Waals surface area contributed by atoms with Crippen LogP contribution in [-0.2, 0) is 0 Å². The summed E-state index contributed by atoms with van der Waals surface area (Å²) in [6, 6.07) is 4.43. The summed E-state index contributed by atoms with van der Waals surface area (Å²) in [5.41, 5.74) is 0.890. The predicted octanol–water partition coefficient (Wildman–Crippen LogP) is 3.79. The van der Waals surface area contributed by atoms with Crippen molar-refractivity contribution < 1.29 is 22.6 Å². The van der Waals surface area contributed by atoms with Crippen LogP contribution in [0, 0.1) is 0 Å². The number of ether oxygens (including phenoxy) is 2. The normalized spacial score (nSPS) is 16.5. The van der Waals surface area contributed by atoms with E-state index in [0.29, 0.717) is 5.75 Å². The zero-order chi connectivity index (χ0) is 16.2. The first-order chi connectivity index (χ1) is 10.4. The van der Waals surface area contributed by atoms with Gasteiger partial charge >= 0.3 is 6.36 Å². The fourth-order valence-corrected chi connectivity index (χ4v) is 2.83. The molecule has 1 heterocycles. The van der Waals surface area contributed by atoms with Crippen LogP contribution in [0.25, 0.3) is 0 Å². The van der Waals surface area contributed by atoms with E-state index in [4.69, 9.17) is 4.74 Å². The number of nitrogens with one attached hydrogen (secondary N) is 1. The van der Waals surface area contributed by atoms with E-state index in [1.807, 2.05) is 0 Å². The minimum absolute atomic E-state index is 0. The zero-order valence-electron chi connectivity index (χ0n) is 13.6. The quantitative estimate of drug-likeness (QED) is 0.828. The highest BCUT2D eigenvalue weighted by Crippen LogP contribution is 2.36. The van der Waals surface area contributed by atoms with Gasteiger partial charge in [-0.2, -0.15) is 0 Å². The third-order valence-corrected chi connectivity index (χ3v) is 3.78. The molecule has 9 heteroatoms. The number of alkyl halides is 3. The van der Waals surface area contributed by atoms with Gasteiger partial charge in [-0.25, -0.2) is 0 Å². The number of halogens is 5. The van der Waals surface area contributed by atoms with Crippen LogP contribution in [0.15, 0.2) is 18.2 Å². The number of hydrogen-bond donors (Lipinski definition) is 1. The molecular formula is C15H23Cl2F3N2O2. The second-order valence-electron chi connectivity index (χ2n) is 5.16. The van der Waals surface area contributed by atoms with Crippen LogP contribution in [0.1, 0.15) is 24.9 Å². The van der Waals surface area contributed by atoms with Gasteiger partial charge in [0.05, 0.1) is 7.11 Å². The third kappa shape index (κ3) is 6.20. The van der Waals surface area contributed by atoms with Crippen molar-refractivity contribution in [3.8, 4) is 11.5 Å². The van der Waals surface area contributed by atoms with Crippen molar-refractivity contribution in [3.63, 3.8) is 0 Å². The van der Waals surface area contributed by atoms with Gasteiger partial charge < -0.3 is 14.8 Å². The summed E-state index contributed by atoms with van der Waals surface area (Å²) < 4.78 is 46.2. The molecular weight excluding hydrogens is 368 g/mol. The Morgan fingerprint density at radius 1 is 1.21 bits per heavy atom. The molecule has 1 aliphatic rings. The fourth-order valence-electron chi connectivity index (χ4n) is 2.83.